The Bertz CT molecular complexity index is 1020. The van der Waals surface area contributed by atoms with E-state index in [1.807, 2.05) is 43.8 Å². The standard InChI is InChI=1S/C20H27BrN6O2S2/c1-7-24(8-2)26(12(5)28)19-22-14-11-15-18(16(21)17(14)30-19)31-20(23-15)27(13(6)29)25(9-3)10-4/h11H,7-10H2,1-6H3. The second-order valence-electron chi connectivity index (χ2n) is 6.82. The first kappa shape index (κ1) is 24.0. The van der Waals surface area contributed by atoms with Crippen molar-refractivity contribution in [2.45, 2.75) is 41.5 Å². The molecule has 0 radical (unpaired) electrons. The Labute approximate surface area is 198 Å². The number of amides is 2. The van der Waals surface area contributed by atoms with Crippen LogP contribution < -0.4 is 10.0 Å². The van der Waals surface area contributed by atoms with Gasteiger partial charge in [0.25, 0.3) is 0 Å². The number of benzene rings is 1. The number of anilines is 2. The van der Waals surface area contributed by atoms with Gasteiger partial charge in [-0.1, -0.05) is 50.4 Å². The van der Waals surface area contributed by atoms with E-state index in [0.717, 1.165) is 24.9 Å². The third kappa shape index (κ3) is 4.47. The average molecular weight is 528 g/mol. The molecular weight excluding hydrogens is 500 g/mol. The van der Waals surface area contributed by atoms with E-state index in [0.29, 0.717) is 36.4 Å². The van der Waals surface area contributed by atoms with Crippen LogP contribution in [0.15, 0.2) is 10.5 Å². The minimum absolute atomic E-state index is 0.0718. The summed E-state index contributed by atoms with van der Waals surface area (Å²) in [4.78, 5) is 34.2. The predicted molar refractivity (Wildman–Crippen MR) is 133 cm³/mol. The van der Waals surface area contributed by atoms with Crippen molar-refractivity contribution in [1.29, 1.82) is 0 Å². The number of hydrogen-bond acceptors (Lipinski definition) is 8. The van der Waals surface area contributed by atoms with Gasteiger partial charge in [0.1, 0.15) is 0 Å². The number of nitrogens with zero attached hydrogens (tertiary/aromatic N) is 6. The number of halogens is 1. The van der Waals surface area contributed by atoms with Crippen LogP contribution in [0.1, 0.15) is 41.5 Å². The summed E-state index contributed by atoms with van der Waals surface area (Å²) in [6, 6.07) is 1.93. The van der Waals surface area contributed by atoms with Crippen LogP contribution >= 0.6 is 38.6 Å². The van der Waals surface area contributed by atoms with E-state index >= 15 is 0 Å². The molecule has 0 bridgehead atoms. The van der Waals surface area contributed by atoms with E-state index < -0.39 is 0 Å². The summed E-state index contributed by atoms with van der Waals surface area (Å²) in [6.45, 7) is 14.0. The van der Waals surface area contributed by atoms with Crippen LogP contribution in [0.25, 0.3) is 20.4 Å². The van der Waals surface area contributed by atoms with Gasteiger partial charge in [0.15, 0.2) is 0 Å². The molecule has 11 heteroatoms. The number of hydrogen-bond donors (Lipinski definition) is 0. The Morgan fingerprint density at radius 3 is 1.45 bits per heavy atom. The monoisotopic (exact) mass is 526 g/mol. The van der Waals surface area contributed by atoms with Gasteiger partial charge in [-0.3, -0.25) is 9.59 Å². The molecule has 0 unspecified atom stereocenters. The Hall–Kier alpha value is -1.66. The van der Waals surface area contributed by atoms with Crippen LogP contribution in [0.4, 0.5) is 10.3 Å². The van der Waals surface area contributed by atoms with Crippen molar-refractivity contribution in [3.63, 3.8) is 0 Å². The number of rotatable bonds is 8. The molecule has 168 valence electrons. The highest BCUT2D eigenvalue weighted by Crippen LogP contribution is 2.43. The van der Waals surface area contributed by atoms with E-state index in [1.54, 1.807) is 23.9 Å². The highest BCUT2D eigenvalue weighted by molar-refractivity contribution is 9.11. The molecule has 0 atom stereocenters. The van der Waals surface area contributed by atoms with Gasteiger partial charge in [0.05, 0.1) is 24.9 Å². The third-order valence-electron chi connectivity index (χ3n) is 4.94. The molecule has 31 heavy (non-hydrogen) atoms. The zero-order valence-corrected chi connectivity index (χ0v) is 21.8. The highest BCUT2D eigenvalue weighted by Gasteiger charge is 2.26. The van der Waals surface area contributed by atoms with Crippen LogP contribution in [0, 0.1) is 0 Å². The quantitative estimate of drug-likeness (QED) is 0.389. The summed E-state index contributed by atoms with van der Waals surface area (Å²) in [5, 5.41) is 8.48. The van der Waals surface area contributed by atoms with Gasteiger partial charge in [-0.25, -0.2) is 30.0 Å². The molecule has 0 aliphatic heterocycles. The van der Waals surface area contributed by atoms with Crippen LogP contribution in [-0.4, -0.2) is 58.0 Å². The molecule has 3 rings (SSSR count). The van der Waals surface area contributed by atoms with E-state index in [1.165, 1.54) is 22.7 Å². The lowest BCUT2D eigenvalue weighted by atomic mass is 10.3. The van der Waals surface area contributed by atoms with Gasteiger partial charge in [0, 0.05) is 40.0 Å². The molecule has 1 aromatic carbocycles. The van der Waals surface area contributed by atoms with Crippen molar-refractivity contribution in [3.05, 3.63) is 10.5 Å². The smallest absolute Gasteiger partial charge is 0.240 e. The lowest BCUT2D eigenvalue weighted by Gasteiger charge is -2.30. The molecule has 0 saturated carbocycles. The number of hydrazine groups is 2. The summed E-state index contributed by atoms with van der Waals surface area (Å²) in [5.74, 6) is -0.144. The van der Waals surface area contributed by atoms with E-state index in [-0.39, 0.29) is 11.8 Å². The molecular formula is C20H27BrN6O2S2. The minimum Gasteiger partial charge on any atom is -0.273 e. The van der Waals surface area contributed by atoms with Crippen molar-refractivity contribution in [2.24, 2.45) is 0 Å². The minimum atomic E-state index is -0.0718. The third-order valence-corrected chi connectivity index (χ3v) is 8.39. The predicted octanol–water partition coefficient (Wildman–Crippen LogP) is 4.89. The summed E-state index contributed by atoms with van der Waals surface area (Å²) >= 11 is 6.66. The molecule has 0 aliphatic rings. The maximum Gasteiger partial charge on any atom is 0.240 e. The fraction of sp³-hybridized carbons (Fsp3) is 0.500. The zero-order chi connectivity index (χ0) is 22.9. The number of thiazole rings is 2. The van der Waals surface area contributed by atoms with E-state index in [2.05, 4.69) is 15.9 Å². The number of fused-ring (bicyclic) bond motifs is 2. The number of carbonyl (C=O) groups is 2. The van der Waals surface area contributed by atoms with Crippen molar-refractivity contribution in [1.82, 2.24) is 20.0 Å². The summed E-state index contributed by atoms with van der Waals surface area (Å²) in [7, 11) is 0. The molecule has 8 nitrogen and oxygen atoms in total. The Morgan fingerprint density at radius 1 is 0.806 bits per heavy atom. The summed E-state index contributed by atoms with van der Waals surface area (Å²) in [5.41, 5.74) is 1.54. The van der Waals surface area contributed by atoms with Crippen LogP contribution in [0.3, 0.4) is 0 Å². The molecule has 0 fully saturated rings. The zero-order valence-electron chi connectivity index (χ0n) is 18.6. The normalized spacial score (nSPS) is 11.8. The highest BCUT2D eigenvalue weighted by atomic mass is 79.9. The molecule has 0 aliphatic carbocycles. The molecule has 3 aromatic rings. The SMILES string of the molecule is CCN(CC)N(C(C)=O)c1nc2cc3nc(N(C(C)=O)N(CC)CC)sc3c(Br)c2s1. The Balaban J connectivity index is 2.13. The fourth-order valence-corrected chi connectivity index (χ4v) is 6.56. The lowest BCUT2D eigenvalue weighted by Crippen LogP contribution is -2.45. The van der Waals surface area contributed by atoms with Gasteiger partial charge in [-0.15, -0.1) is 0 Å². The molecule has 2 aromatic heterocycles. The van der Waals surface area contributed by atoms with Crippen molar-refractivity contribution in [2.75, 3.05) is 36.2 Å². The Kier molecular flexibility index (Phi) is 7.63. The van der Waals surface area contributed by atoms with Gasteiger partial charge in [-0.2, -0.15) is 0 Å². The van der Waals surface area contributed by atoms with Crippen LogP contribution in [0.5, 0.6) is 0 Å². The van der Waals surface area contributed by atoms with Crippen LogP contribution in [0.2, 0.25) is 0 Å². The molecule has 0 saturated heterocycles. The molecule has 0 N–H and O–H groups in total. The molecule has 2 heterocycles. The first-order chi connectivity index (χ1) is 14.8. The summed E-state index contributed by atoms with van der Waals surface area (Å²) in [6.07, 6.45) is 0. The molecule has 0 spiro atoms. The van der Waals surface area contributed by atoms with Crippen molar-refractivity contribution in [3.8, 4) is 0 Å². The topological polar surface area (TPSA) is 72.9 Å². The average Bonchev–Trinajstić information content (AvgIpc) is 3.33. The lowest BCUT2D eigenvalue weighted by molar-refractivity contribution is -0.120. The van der Waals surface area contributed by atoms with E-state index in [4.69, 9.17) is 9.97 Å². The molecule has 2 amide bonds. The second-order valence-corrected chi connectivity index (χ2v) is 9.57. The first-order valence-electron chi connectivity index (χ1n) is 10.3. The van der Waals surface area contributed by atoms with Gasteiger partial charge >= 0.3 is 0 Å². The first-order valence-corrected chi connectivity index (χ1v) is 12.7. The Morgan fingerprint density at radius 2 is 1.16 bits per heavy atom. The maximum atomic E-state index is 12.3. The number of aromatic nitrogens is 2. The van der Waals surface area contributed by atoms with Gasteiger partial charge in [-0.05, 0) is 22.0 Å². The largest absolute Gasteiger partial charge is 0.273 e. The number of carbonyl (C=O) groups excluding carboxylic acids is 2. The fourth-order valence-electron chi connectivity index (χ4n) is 3.49. The second kappa shape index (κ2) is 9.86. The van der Waals surface area contributed by atoms with Crippen LogP contribution in [-0.2, 0) is 9.59 Å². The van der Waals surface area contributed by atoms with Gasteiger partial charge in [0.2, 0.25) is 22.1 Å². The van der Waals surface area contributed by atoms with E-state index in [9.17, 15) is 9.59 Å². The van der Waals surface area contributed by atoms with Crippen molar-refractivity contribution >= 4 is 81.1 Å². The summed E-state index contributed by atoms with van der Waals surface area (Å²) < 4.78 is 2.79. The van der Waals surface area contributed by atoms with Crippen molar-refractivity contribution < 1.29 is 9.59 Å². The maximum absolute atomic E-state index is 12.3. The van der Waals surface area contributed by atoms with Gasteiger partial charge < -0.3 is 0 Å².